The Morgan fingerprint density at radius 2 is 1.86 bits per heavy atom. The van der Waals surface area contributed by atoms with Crippen molar-refractivity contribution < 1.29 is 4.79 Å². The Balaban J connectivity index is 0.00000196. The van der Waals surface area contributed by atoms with E-state index in [9.17, 15) is 4.79 Å². The third kappa shape index (κ3) is 5.18. The summed E-state index contributed by atoms with van der Waals surface area (Å²) in [5.41, 5.74) is 6.76. The minimum Gasteiger partial charge on any atom is -0.342 e. The van der Waals surface area contributed by atoms with Gasteiger partial charge in [-0.25, -0.2) is 4.98 Å². The number of amides is 1. The van der Waals surface area contributed by atoms with Crippen LogP contribution in [0, 0.1) is 11.3 Å². The number of fused-ring (bicyclic) bond motifs is 1. The molecule has 1 amide bonds. The summed E-state index contributed by atoms with van der Waals surface area (Å²) in [6.07, 6.45) is 4.49. The number of para-hydroxylation sites is 1. The zero-order valence-corrected chi connectivity index (χ0v) is 19.5. The van der Waals surface area contributed by atoms with Crippen LogP contribution >= 0.6 is 36.2 Å². The molecule has 1 aromatic heterocycles. The smallest absolute Gasteiger partial charge is 0.229 e. The third-order valence-corrected chi connectivity index (χ3v) is 7.24. The van der Waals surface area contributed by atoms with Gasteiger partial charge in [-0.3, -0.25) is 4.79 Å². The van der Waals surface area contributed by atoms with E-state index in [1.165, 1.54) is 4.70 Å². The van der Waals surface area contributed by atoms with Crippen molar-refractivity contribution in [3.05, 3.63) is 29.3 Å². The molecule has 0 spiro atoms. The van der Waals surface area contributed by atoms with Gasteiger partial charge in [0.05, 0.1) is 20.6 Å². The first kappa shape index (κ1) is 25.2. The van der Waals surface area contributed by atoms with Gasteiger partial charge in [0.2, 0.25) is 5.91 Å². The van der Waals surface area contributed by atoms with Crippen molar-refractivity contribution in [2.24, 2.45) is 17.1 Å². The van der Waals surface area contributed by atoms with Gasteiger partial charge in [0.1, 0.15) is 0 Å². The van der Waals surface area contributed by atoms with Crippen molar-refractivity contribution in [1.29, 1.82) is 0 Å². The highest BCUT2D eigenvalue weighted by Gasteiger charge is 2.40. The molecule has 4 nitrogen and oxygen atoms in total. The van der Waals surface area contributed by atoms with Crippen LogP contribution in [-0.4, -0.2) is 34.9 Å². The zero-order valence-electron chi connectivity index (χ0n) is 17.0. The number of nitrogens with two attached hydrogens (primary N) is 1. The number of hydrogen-bond acceptors (Lipinski definition) is 4. The van der Waals surface area contributed by atoms with Crippen LogP contribution in [0.15, 0.2) is 24.3 Å². The highest BCUT2D eigenvalue weighted by atomic mass is 35.5. The number of hydrogen-bond donors (Lipinski definition) is 1. The van der Waals surface area contributed by atoms with E-state index in [1.54, 1.807) is 11.3 Å². The SMILES string of the molecule is CCC(CC)(Cc1nc2ccccc2s1)C(=O)N1CCC(C(C)N)CC1.Cl.Cl. The Hall–Kier alpha value is -0.880. The first-order chi connectivity index (χ1) is 12.5. The summed E-state index contributed by atoms with van der Waals surface area (Å²) in [6, 6.07) is 8.45. The molecule has 2 heterocycles. The van der Waals surface area contributed by atoms with Crippen LogP contribution in [0.2, 0.25) is 0 Å². The molecule has 1 aromatic carbocycles. The maximum absolute atomic E-state index is 13.4. The van der Waals surface area contributed by atoms with Crippen molar-refractivity contribution in [1.82, 2.24) is 9.88 Å². The molecule has 1 fully saturated rings. The number of carbonyl (C=O) groups excluding carboxylic acids is 1. The second-order valence-corrected chi connectivity index (χ2v) is 8.84. The summed E-state index contributed by atoms with van der Waals surface area (Å²) in [5, 5.41) is 1.08. The van der Waals surface area contributed by atoms with Gasteiger partial charge in [-0.05, 0) is 50.7 Å². The van der Waals surface area contributed by atoms with Crippen molar-refractivity contribution in [2.75, 3.05) is 13.1 Å². The van der Waals surface area contributed by atoms with Gasteiger partial charge in [0, 0.05) is 25.6 Å². The molecule has 28 heavy (non-hydrogen) atoms. The number of carbonyl (C=O) groups is 1. The lowest BCUT2D eigenvalue weighted by atomic mass is 9.77. The molecule has 158 valence electrons. The Bertz CT molecular complexity index is 720. The molecule has 2 aromatic rings. The number of thiazole rings is 1. The summed E-state index contributed by atoms with van der Waals surface area (Å²) in [5.74, 6) is 0.853. The van der Waals surface area contributed by atoms with Gasteiger partial charge in [-0.1, -0.05) is 26.0 Å². The molecule has 1 saturated heterocycles. The molecule has 7 heteroatoms. The topological polar surface area (TPSA) is 59.2 Å². The standard InChI is InChI=1S/C21H31N3OS.2ClH/c1-4-21(5-2,14-19-23-17-8-6-7-9-18(17)26-19)20(25)24-12-10-16(11-13-24)15(3)22;;/h6-9,15-16H,4-5,10-14,22H2,1-3H3;2*1H. The normalized spacial score (nSPS) is 16.4. The fraction of sp³-hybridized carbons (Fsp3) is 0.619. The van der Waals surface area contributed by atoms with Crippen LogP contribution in [0.1, 0.15) is 51.5 Å². The molecule has 1 aliphatic rings. The molecule has 0 aliphatic carbocycles. The molecule has 0 saturated carbocycles. The molecule has 1 atom stereocenters. The van der Waals surface area contributed by atoms with Gasteiger partial charge >= 0.3 is 0 Å². The Morgan fingerprint density at radius 3 is 2.39 bits per heavy atom. The van der Waals surface area contributed by atoms with E-state index in [2.05, 4.69) is 37.8 Å². The number of benzene rings is 1. The minimum absolute atomic E-state index is 0. The summed E-state index contributed by atoms with van der Waals surface area (Å²) >= 11 is 1.72. The molecule has 2 N–H and O–H groups in total. The van der Waals surface area contributed by atoms with Crippen molar-refractivity contribution in [3.63, 3.8) is 0 Å². The Morgan fingerprint density at radius 1 is 1.25 bits per heavy atom. The first-order valence-electron chi connectivity index (χ1n) is 9.88. The molecule has 1 aliphatic heterocycles. The number of halogens is 2. The maximum Gasteiger partial charge on any atom is 0.229 e. The lowest BCUT2D eigenvalue weighted by Gasteiger charge is -2.40. The highest BCUT2D eigenvalue weighted by molar-refractivity contribution is 7.18. The fourth-order valence-electron chi connectivity index (χ4n) is 4.13. The fourth-order valence-corrected chi connectivity index (χ4v) is 5.24. The quantitative estimate of drug-likeness (QED) is 0.674. The van der Waals surface area contributed by atoms with Crippen molar-refractivity contribution in [3.8, 4) is 0 Å². The highest BCUT2D eigenvalue weighted by Crippen LogP contribution is 2.37. The van der Waals surface area contributed by atoms with Gasteiger partial charge in [-0.2, -0.15) is 0 Å². The van der Waals surface area contributed by atoms with E-state index >= 15 is 0 Å². The second kappa shape index (κ2) is 10.8. The minimum atomic E-state index is -0.338. The van der Waals surface area contributed by atoms with Crippen LogP contribution in [0.3, 0.4) is 0 Å². The summed E-state index contributed by atoms with van der Waals surface area (Å²) in [7, 11) is 0. The van der Waals surface area contributed by atoms with E-state index in [1.807, 2.05) is 12.1 Å². The number of rotatable bonds is 6. The Kier molecular flexibility index (Phi) is 9.68. The van der Waals surface area contributed by atoms with E-state index in [0.29, 0.717) is 11.8 Å². The van der Waals surface area contributed by atoms with Crippen LogP contribution in [0.5, 0.6) is 0 Å². The van der Waals surface area contributed by atoms with Crippen molar-refractivity contribution >= 4 is 52.3 Å². The average Bonchev–Trinajstić information content (AvgIpc) is 3.08. The molecule has 1 unspecified atom stereocenters. The summed E-state index contributed by atoms with van der Waals surface area (Å²) in [4.78, 5) is 20.3. The first-order valence-corrected chi connectivity index (χ1v) is 10.7. The second-order valence-electron chi connectivity index (χ2n) is 7.73. The van der Waals surface area contributed by atoms with E-state index in [4.69, 9.17) is 10.7 Å². The van der Waals surface area contributed by atoms with E-state index in [0.717, 1.165) is 55.7 Å². The van der Waals surface area contributed by atoms with Gasteiger partial charge < -0.3 is 10.6 Å². The lowest BCUT2D eigenvalue weighted by molar-refractivity contribution is -0.144. The summed E-state index contributed by atoms with van der Waals surface area (Å²) in [6.45, 7) is 8.05. The predicted molar refractivity (Wildman–Crippen MR) is 124 cm³/mol. The largest absolute Gasteiger partial charge is 0.342 e. The average molecular weight is 446 g/mol. The van der Waals surface area contributed by atoms with E-state index < -0.39 is 0 Å². The van der Waals surface area contributed by atoms with Crippen LogP contribution in [-0.2, 0) is 11.2 Å². The third-order valence-electron chi connectivity index (χ3n) is 6.21. The van der Waals surface area contributed by atoms with Crippen LogP contribution in [0.25, 0.3) is 10.2 Å². The zero-order chi connectivity index (χ0) is 18.7. The number of nitrogens with zero attached hydrogens (tertiary/aromatic N) is 2. The lowest BCUT2D eigenvalue weighted by Crippen LogP contribution is -2.49. The van der Waals surface area contributed by atoms with Crippen LogP contribution < -0.4 is 5.73 Å². The molecule has 3 rings (SSSR count). The molecular formula is C21H33Cl2N3OS. The van der Waals surface area contributed by atoms with E-state index in [-0.39, 0.29) is 36.3 Å². The number of aromatic nitrogens is 1. The number of likely N-dealkylation sites (tertiary alicyclic amines) is 1. The molecule has 0 bridgehead atoms. The Labute approximate surface area is 185 Å². The van der Waals surface area contributed by atoms with Gasteiger partial charge in [0.25, 0.3) is 0 Å². The monoisotopic (exact) mass is 445 g/mol. The van der Waals surface area contributed by atoms with Gasteiger partial charge in [0.15, 0.2) is 0 Å². The predicted octanol–water partition coefficient (Wildman–Crippen LogP) is 5.07. The van der Waals surface area contributed by atoms with Crippen molar-refractivity contribution in [2.45, 2.75) is 58.9 Å². The van der Waals surface area contributed by atoms with Gasteiger partial charge in [-0.15, -0.1) is 36.2 Å². The number of piperidine rings is 1. The molecular weight excluding hydrogens is 413 g/mol. The van der Waals surface area contributed by atoms with Crippen LogP contribution in [0.4, 0.5) is 0 Å². The maximum atomic E-state index is 13.4. The molecule has 0 radical (unpaired) electrons. The summed E-state index contributed by atoms with van der Waals surface area (Å²) < 4.78 is 1.20.